The van der Waals surface area contributed by atoms with Crippen molar-refractivity contribution in [2.75, 3.05) is 26.3 Å². The van der Waals surface area contributed by atoms with E-state index in [0.29, 0.717) is 26.1 Å². The molecule has 0 aromatic carbocycles. The van der Waals surface area contributed by atoms with Crippen molar-refractivity contribution in [2.45, 2.75) is 43.7 Å². The predicted octanol–water partition coefficient (Wildman–Crippen LogP) is 0.352. The van der Waals surface area contributed by atoms with Crippen molar-refractivity contribution in [3.8, 4) is 0 Å². The van der Waals surface area contributed by atoms with Crippen LogP contribution in [0.25, 0.3) is 0 Å². The zero-order valence-corrected chi connectivity index (χ0v) is 10.2. The molecule has 0 spiro atoms. The minimum atomic E-state index is -0.752. The third-order valence-corrected chi connectivity index (χ3v) is 3.58. The van der Waals surface area contributed by atoms with Gasteiger partial charge in [0.05, 0.1) is 0 Å². The molecule has 0 bridgehead atoms. The van der Waals surface area contributed by atoms with Crippen molar-refractivity contribution >= 4 is 5.97 Å². The van der Waals surface area contributed by atoms with E-state index in [1.807, 2.05) is 0 Å². The predicted molar refractivity (Wildman–Crippen MR) is 64.1 cm³/mol. The molecule has 0 atom stereocenters. The van der Waals surface area contributed by atoms with Gasteiger partial charge in [0.15, 0.2) is 0 Å². The molecular formula is C12H22N2O3. The van der Waals surface area contributed by atoms with Crippen LogP contribution in [0.2, 0.25) is 0 Å². The Bertz CT molecular complexity index is 260. The summed E-state index contributed by atoms with van der Waals surface area (Å²) in [6.45, 7) is 2.81. The zero-order chi connectivity index (χ0) is 12.1. The average Bonchev–Trinajstić information content (AvgIpc) is 3.14. The van der Waals surface area contributed by atoms with Gasteiger partial charge >= 0.3 is 5.97 Å². The van der Waals surface area contributed by atoms with Gasteiger partial charge in [-0.15, -0.1) is 0 Å². The summed E-state index contributed by atoms with van der Waals surface area (Å²) < 4.78 is 5.23. The monoisotopic (exact) mass is 242 g/mol. The van der Waals surface area contributed by atoms with Crippen molar-refractivity contribution < 1.29 is 14.6 Å². The van der Waals surface area contributed by atoms with Gasteiger partial charge in [0.1, 0.15) is 5.54 Å². The van der Waals surface area contributed by atoms with Crippen molar-refractivity contribution in [1.82, 2.24) is 10.6 Å². The number of aliphatic carboxylic acids is 1. The first-order valence-corrected chi connectivity index (χ1v) is 6.52. The summed E-state index contributed by atoms with van der Waals surface area (Å²) in [5.74, 6) is -0.740. The number of carboxylic acid groups (broad SMARTS) is 1. The smallest absolute Gasteiger partial charge is 0.324 e. The van der Waals surface area contributed by atoms with E-state index in [1.54, 1.807) is 0 Å². The quantitative estimate of drug-likeness (QED) is 0.562. The van der Waals surface area contributed by atoms with E-state index in [-0.39, 0.29) is 0 Å². The summed E-state index contributed by atoms with van der Waals surface area (Å²) in [6, 6.07) is 0.728. The van der Waals surface area contributed by atoms with Gasteiger partial charge < -0.3 is 20.5 Å². The summed E-state index contributed by atoms with van der Waals surface area (Å²) in [7, 11) is 0. The maximum atomic E-state index is 11.3. The molecule has 0 aromatic heterocycles. The fourth-order valence-electron chi connectivity index (χ4n) is 2.20. The SMILES string of the molecule is O=C(O)C1(NCCCNC2CC2)CCOCC1. The number of rotatable bonds is 7. The first-order valence-electron chi connectivity index (χ1n) is 6.52. The zero-order valence-electron chi connectivity index (χ0n) is 10.2. The molecule has 2 aliphatic rings. The summed E-state index contributed by atoms with van der Waals surface area (Å²) >= 11 is 0. The fourth-order valence-corrected chi connectivity index (χ4v) is 2.20. The van der Waals surface area contributed by atoms with E-state index in [2.05, 4.69) is 10.6 Å². The van der Waals surface area contributed by atoms with Crippen LogP contribution < -0.4 is 10.6 Å². The highest BCUT2D eigenvalue weighted by molar-refractivity contribution is 5.78. The minimum absolute atomic E-state index is 0.541. The van der Waals surface area contributed by atoms with Gasteiger partial charge in [-0.25, -0.2) is 0 Å². The Balaban J connectivity index is 1.67. The molecule has 1 heterocycles. The first kappa shape index (κ1) is 12.8. The molecule has 3 N–H and O–H groups in total. The van der Waals surface area contributed by atoms with Crippen LogP contribution in [0.3, 0.4) is 0 Å². The summed E-state index contributed by atoms with van der Waals surface area (Å²) in [6.07, 6.45) is 4.71. The van der Waals surface area contributed by atoms with Gasteiger partial charge in [0, 0.05) is 19.3 Å². The highest BCUT2D eigenvalue weighted by Gasteiger charge is 2.39. The Hall–Kier alpha value is -0.650. The molecule has 1 aliphatic carbocycles. The average molecular weight is 242 g/mol. The van der Waals surface area contributed by atoms with Crippen molar-refractivity contribution in [1.29, 1.82) is 0 Å². The van der Waals surface area contributed by atoms with E-state index >= 15 is 0 Å². The largest absolute Gasteiger partial charge is 0.480 e. The number of ether oxygens (including phenoxy) is 1. The van der Waals surface area contributed by atoms with Crippen LogP contribution in [0.5, 0.6) is 0 Å². The molecule has 0 unspecified atom stereocenters. The highest BCUT2D eigenvalue weighted by atomic mass is 16.5. The molecular weight excluding hydrogens is 220 g/mol. The van der Waals surface area contributed by atoms with E-state index in [4.69, 9.17) is 4.74 Å². The molecule has 2 rings (SSSR count). The minimum Gasteiger partial charge on any atom is -0.480 e. The molecule has 17 heavy (non-hydrogen) atoms. The van der Waals surface area contributed by atoms with Crippen LogP contribution in [-0.2, 0) is 9.53 Å². The number of hydrogen-bond acceptors (Lipinski definition) is 4. The Morgan fingerprint density at radius 2 is 2.00 bits per heavy atom. The van der Waals surface area contributed by atoms with E-state index in [9.17, 15) is 9.90 Å². The Morgan fingerprint density at radius 1 is 1.29 bits per heavy atom. The normalized spacial score (nSPS) is 23.5. The highest BCUT2D eigenvalue weighted by Crippen LogP contribution is 2.21. The van der Waals surface area contributed by atoms with Gasteiger partial charge in [-0.05, 0) is 45.2 Å². The standard InChI is InChI=1S/C12H22N2O3/c15-11(16)12(4-8-17-9-5-12)14-7-1-6-13-10-2-3-10/h10,13-14H,1-9H2,(H,15,16). The summed E-state index contributed by atoms with van der Waals surface area (Å²) in [5.41, 5.74) is -0.752. The van der Waals surface area contributed by atoms with Gasteiger partial charge in [0.2, 0.25) is 0 Å². The van der Waals surface area contributed by atoms with E-state index in [1.165, 1.54) is 12.8 Å². The maximum absolute atomic E-state index is 11.3. The Morgan fingerprint density at radius 3 is 2.59 bits per heavy atom. The third-order valence-electron chi connectivity index (χ3n) is 3.58. The number of nitrogens with one attached hydrogen (secondary N) is 2. The topological polar surface area (TPSA) is 70.6 Å². The van der Waals surface area contributed by atoms with Crippen LogP contribution >= 0.6 is 0 Å². The number of carbonyl (C=O) groups is 1. The lowest BCUT2D eigenvalue weighted by Crippen LogP contribution is -2.55. The van der Waals surface area contributed by atoms with E-state index < -0.39 is 11.5 Å². The maximum Gasteiger partial charge on any atom is 0.324 e. The molecule has 1 aliphatic heterocycles. The molecule has 0 amide bonds. The van der Waals surface area contributed by atoms with Gasteiger partial charge in [-0.2, -0.15) is 0 Å². The Labute approximate surface area is 102 Å². The summed E-state index contributed by atoms with van der Waals surface area (Å²) in [5, 5.41) is 15.9. The third kappa shape index (κ3) is 3.66. The first-order chi connectivity index (χ1) is 8.23. The molecule has 5 nitrogen and oxygen atoms in total. The number of hydrogen-bond donors (Lipinski definition) is 3. The second kappa shape index (κ2) is 5.80. The van der Waals surface area contributed by atoms with Crippen LogP contribution in [0.1, 0.15) is 32.1 Å². The molecule has 2 fully saturated rings. The Kier molecular flexibility index (Phi) is 4.36. The van der Waals surface area contributed by atoms with Crippen LogP contribution in [0.15, 0.2) is 0 Å². The lowest BCUT2D eigenvalue weighted by Gasteiger charge is -2.34. The van der Waals surface area contributed by atoms with Crippen molar-refractivity contribution in [2.24, 2.45) is 0 Å². The van der Waals surface area contributed by atoms with Crippen molar-refractivity contribution in [3.63, 3.8) is 0 Å². The molecule has 0 aromatic rings. The molecule has 5 heteroatoms. The lowest BCUT2D eigenvalue weighted by molar-refractivity contribution is -0.149. The molecule has 1 saturated heterocycles. The van der Waals surface area contributed by atoms with Gasteiger partial charge in [-0.1, -0.05) is 0 Å². The molecule has 0 radical (unpaired) electrons. The fraction of sp³-hybridized carbons (Fsp3) is 0.917. The van der Waals surface area contributed by atoms with Crippen molar-refractivity contribution in [3.05, 3.63) is 0 Å². The lowest BCUT2D eigenvalue weighted by atomic mass is 9.90. The van der Waals surface area contributed by atoms with Gasteiger partial charge in [0.25, 0.3) is 0 Å². The van der Waals surface area contributed by atoms with Crippen LogP contribution in [-0.4, -0.2) is 49.0 Å². The second-order valence-corrected chi connectivity index (χ2v) is 5.01. The van der Waals surface area contributed by atoms with E-state index in [0.717, 1.165) is 25.6 Å². The number of carboxylic acids is 1. The molecule has 98 valence electrons. The van der Waals surface area contributed by atoms with Crippen LogP contribution in [0, 0.1) is 0 Å². The molecule has 1 saturated carbocycles. The second-order valence-electron chi connectivity index (χ2n) is 5.01. The summed E-state index contributed by atoms with van der Waals surface area (Å²) in [4.78, 5) is 11.3. The van der Waals surface area contributed by atoms with Gasteiger partial charge in [-0.3, -0.25) is 4.79 Å². The van der Waals surface area contributed by atoms with Crippen LogP contribution in [0.4, 0.5) is 0 Å².